The van der Waals surface area contributed by atoms with E-state index in [4.69, 9.17) is 4.74 Å². The first-order chi connectivity index (χ1) is 9.13. The Balaban J connectivity index is 2.33. The number of benzene rings is 1. The lowest BCUT2D eigenvalue weighted by atomic mass is 10.2. The van der Waals surface area contributed by atoms with Crippen molar-refractivity contribution < 1.29 is 14.3 Å². The number of hydrogen-bond donors (Lipinski definition) is 0. The number of para-hydroxylation sites is 1. The van der Waals surface area contributed by atoms with Crippen LogP contribution in [0.15, 0.2) is 30.5 Å². The van der Waals surface area contributed by atoms with E-state index in [-0.39, 0.29) is 11.8 Å². The van der Waals surface area contributed by atoms with Crippen LogP contribution in [-0.4, -0.2) is 23.4 Å². The van der Waals surface area contributed by atoms with E-state index in [9.17, 15) is 9.59 Å². The molecule has 0 fully saturated rings. The number of carbonyl (C=O) groups is 2. The molecule has 4 nitrogen and oxygen atoms in total. The van der Waals surface area contributed by atoms with Crippen LogP contribution < -0.4 is 0 Å². The highest BCUT2D eigenvalue weighted by molar-refractivity contribution is 6.04. The fourth-order valence-electron chi connectivity index (χ4n) is 2.20. The van der Waals surface area contributed by atoms with Crippen molar-refractivity contribution in [1.82, 2.24) is 4.57 Å². The standard InChI is InChI=1S/C15H17NO3/c1-11(17)6-5-9-16-10-13(15(18)19-2)12-7-3-4-8-14(12)16/h3-4,7-8,10H,5-6,9H2,1-2H3. The van der Waals surface area contributed by atoms with Crippen molar-refractivity contribution in [2.45, 2.75) is 26.3 Å². The molecule has 0 N–H and O–H groups in total. The van der Waals surface area contributed by atoms with Crippen molar-refractivity contribution in [2.75, 3.05) is 7.11 Å². The van der Waals surface area contributed by atoms with Gasteiger partial charge in [-0.05, 0) is 19.4 Å². The number of ketones is 1. The Hall–Kier alpha value is -2.10. The number of ether oxygens (including phenoxy) is 1. The van der Waals surface area contributed by atoms with Gasteiger partial charge < -0.3 is 14.1 Å². The number of carbonyl (C=O) groups excluding carboxylic acids is 2. The molecule has 0 aliphatic carbocycles. The normalized spacial score (nSPS) is 10.6. The van der Waals surface area contributed by atoms with Crippen molar-refractivity contribution in [2.24, 2.45) is 0 Å². The highest BCUT2D eigenvalue weighted by Gasteiger charge is 2.14. The quantitative estimate of drug-likeness (QED) is 0.776. The van der Waals surface area contributed by atoms with Crippen LogP contribution in [-0.2, 0) is 16.1 Å². The second kappa shape index (κ2) is 5.69. The largest absolute Gasteiger partial charge is 0.465 e. The molecule has 2 rings (SSSR count). The van der Waals surface area contributed by atoms with Crippen LogP contribution in [0.2, 0.25) is 0 Å². The summed E-state index contributed by atoms with van der Waals surface area (Å²) < 4.78 is 6.80. The molecule has 1 heterocycles. The van der Waals surface area contributed by atoms with E-state index in [1.54, 1.807) is 13.1 Å². The van der Waals surface area contributed by atoms with Crippen LogP contribution in [0.4, 0.5) is 0 Å². The van der Waals surface area contributed by atoms with E-state index in [0.29, 0.717) is 12.0 Å². The number of Topliss-reactive ketones (excluding diaryl/α,β-unsaturated/α-hetero) is 1. The van der Waals surface area contributed by atoms with Gasteiger partial charge in [0, 0.05) is 30.1 Å². The number of fused-ring (bicyclic) bond motifs is 1. The highest BCUT2D eigenvalue weighted by Crippen LogP contribution is 2.22. The SMILES string of the molecule is COC(=O)c1cn(CCCC(C)=O)c2ccccc12. The molecule has 0 aliphatic heterocycles. The minimum Gasteiger partial charge on any atom is -0.465 e. The smallest absolute Gasteiger partial charge is 0.340 e. The lowest BCUT2D eigenvalue weighted by Gasteiger charge is -2.03. The van der Waals surface area contributed by atoms with E-state index >= 15 is 0 Å². The second-order valence-electron chi connectivity index (χ2n) is 4.55. The summed E-state index contributed by atoms with van der Waals surface area (Å²) in [6.07, 6.45) is 3.13. The second-order valence-corrected chi connectivity index (χ2v) is 4.55. The molecular formula is C15H17NO3. The zero-order valence-electron chi connectivity index (χ0n) is 11.2. The monoisotopic (exact) mass is 259 g/mol. The van der Waals surface area contributed by atoms with Gasteiger partial charge in [0.2, 0.25) is 0 Å². The topological polar surface area (TPSA) is 48.3 Å². The number of aryl methyl sites for hydroxylation is 1. The molecule has 0 saturated carbocycles. The molecule has 1 aromatic carbocycles. The minimum absolute atomic E-state index is 0.185. The van der Waals surface area contributed by atoms with Crippen molar-refractivity contribution in [3.63, 3.8) is 0 Å². The summed E-state index contributed by atoms with van der Waals surface area (Å²) in [6.45, 7) is 2.31. The molecule has 0 atom stereocenters. The number of rotatable bonds is 5. The third kappa shape index (κ3) is 2.84. The third-order valence-electron chi connectivity index (χ3n) is 3.12. The minimum atomic E-state index is -0.332. The molecule has 4 heteroatoms. The van der Waals surface area contributed by atoms with Crippen LogP contribution in [0.25, 0.3) is 10.9 Å². The summed E-state index contributed by atoms with van der Waals surface area (Å²) in [5, 5.41) is 0.886. The summed E-state index contributed by atoms with van der Waals surface area (Å²) in [7, 11) is 1.38. The maximum Gasteiger partial charge on any atom is 0.340 e. The van der Waals surface area contributed by atoms with Gasteiger partial charge in [-0.1, -0.05) is 18.2 Å². The zero-order chi connectivity index (χ0) is 13.8. The Bertz CT molecular complexity index is 613. The summed E-state index contributed by atoms with van der Waals surface area (Å²) in [6, 6.07) is 7.71. The molecule has 0 saturated heterocycles. The van der Waals surface area contributed by atoms with E-state index < -0.39 is 0 Å². The van der Waals surface area contributed by atoms with Crippen LogP contribution >= 0.6 is 0 Å². The molecule has 0 aliphatic rings. The first-order valence-electron chi connectivity index (χ1n) is 6.29. The number of aromatic nitrogens is 1. The lowest BCUT2D eigenvalue weighted by Crippen LogP contribution is -2.01. The summed E-state index contributed by atoms with van der Waals surface area (Å²) in [5.74, 6) is -0.147. The Morgan fingerprint density at radius 3 is 2.68 bits per heavy atom. The van der Waals surface area contributed by atoms with Gasteiger partial charge >= 0.3 is 5.97 Å². The molecule has 1 aromatic heterocycles. The fourth-order valence-corrected chi connectivity index (χ4v) is 2.20. The van der Waals surface area contributed by atoms with Crippen molar-refractivity contribution in [3.05, 3.63) is 36.0 Å². The molecule has 2 aromatic rings. The Kier molecular flexibility index (Phi) is 4.00. The first kappa shape index (κ1) is 13.3. The Labute approximate surface area is 112 Å². The number of nitrogens with zero attached hydrogens (tertiary/aromatic N) is 1. The van der Waals surface area contributed by atoms with Crippen LogP contribution in [0, 0.1) is 0 Å². The first-order valence-corrected chi connectivity index (χ1v) is 6.29. The van der Waals surface area contributed by atoms with Crippen LogP contribution in [0.1, 0.15) is 30.1 Å². The van der Waals surface area contributed by atoms with Crippen molar-refractivity contribution in [1.29, 1.82) is 0 Å². The molecule has 0 unspecified atom stereocenters. The Morgan fingerprint density at radius 1 is 1.26 bits per heavy atom. The Morgan fingerprint density at radius 2 is 2.00 bits per heavy atom. The van der Waals surface area contributed by atoms with Gasteiger partial charge in [-0.2, -0.15) is 0 Å². The van der Waals surface area contributed by atoms with Gasteiger partial charge in [-0.25, -0.2) is 4.79 Å². The van der Waals surface area contributed by atoms with E-state index in [1.165, 1.54) is 7.11 Å². The van der Waals surface area contributed by atoms with E-state index in [1.807, 2.05) is 28.8 Å². The lowest BCUT2D eigenvalue weighted by molar-refractivity contribution is -0.117. The zero-order valence-corrected chi connectivity index (χ0v) is 11.2. The fraction of sp³-hybridized carbons (Fsp3) is 0.333. The summed E-state index contributed by atoms with van der Waals surface area (Å²) in [4.78, 5) is 22.7. The number of hydrogen-bond acceptors (Lipinski definition) is 3. The summed E-state index contributed by atoms with van der Waals surface area (Å²) >= 11 is 0. The van der Waals surface area contributed by atoms with Gasteiger partial charge in [0.15, 0.2) is 0 Å². The van der Waals surface area contributed by atoms with E-state index in [0.717, 1.165) is 23.9 Å². The maximum absolute atomic E-state index is 11.7. The number of methoxy groups -OCH3 is 1. The van der Waals surface area contributed by atoms with Gasteiger partial charge in [0.1, 0.15) is 5.78 Å². The van der Waals surface area contributed by atoms with Crippen LogP contribution in [0.5, 0.6) is 0 Å². The van der Waals surface area contributed by atoms with Crippen molar-refractivity contribution >= 4 is 22.7 Å². The molecule has 0 radical (unpaired) electrons. The van der Waals surface area contributed by atoms with Gasteiger partial charge in [-0.3, -0.25) is 0 Å². The average Bonchev–Trinajstić information content (AvgIpc) is 2.77. The van der Waals surface area contributed by atoms with Crippen LogP contribution in [0.3, 0.4) is 0 Å². The molecule has 0 spiro atoms. The van der Waals surface area contributed by atoms with Gasteiger partial charge in [0.05, 0.1) is 12.7 Å². The van der Waals surface area contributed by atoms with Crippen molar-refractivity contribution in [3.8, 4) is 0 Å². The molecule has 0 bridgehead atoms. The number of esters is 1. The van der Waals surface area contributed by atoms with E-state index in [2.05, 4.69) is 0 Å². The summed E-state index contributed by atoms with van der Waals surface area (Å²) in [5.41, 5.74) is 1.56. The third-order valence-corrected chi connectivity index (χ3v) is 3.12. The van der Waals surface area contributed by atoms with Gasteiger partial charge in [-0.15, -0.1) is 0 Å². The maximum atomic E-state index is 11.7. The molecule has 0 amide bonds. The van der Waals surface area contributed by atoms with Gasteiger partial charge in [0.25, 0.3) is 0 Å². The molecular weight excluding hydrogens is 242 g/mol. The average molecular weight is 259 g/mol. The molecule has 19 heavy (non-hydrogen) atoms. The molecule has 100 valence electrons. The predicted octanol–water partition coefficient (Wildman–Crippen LogP) is 2.80. The predicted molar refractivity (Wildman–Crippen MR) is 73.2 cm³/mol. The highest BCUT2D eigenvalue weighted by atomic mass is 16.5.